The molecule has 0 saturated carbocycles. The third-order valence-electron chi connectivity index (χ3n) is 3.58. The predicted octanol–water partition coefficient (Wildman–Crippen LogP) is 1.31. The molecule has 0 bridgehead atoms. The normalized spacial score (nSPS) is 29.6. The molecule has 1 aliphatic heterocycles. The monoisotopic (exact) mass is 315 g/mol. The van der Waals surface area contributed by atoms with E-state index >= 15 is 0 Å². The number of nitrogen functional groups attached to an aromatic ring is 1. The molecule has 1 saturated heterocycles. The Morgan fingerprint density at radius 3 is 2.81 bits per heavy atom. The van der Waals surface area contributed by atoms with Crippen LogP contribution in [-0.2, 0) is 4.74 Å². The lowest BCUT2D eigenvalue weighted by atomic mass is 10.0. The van der Waals surface area contributed by atoms with Crippen LogP contribution in [0.5, 0.6) is 0 Å². The number of nitrogens with zero attached hydrogens (tertiary/aromatic N) is 4. The first-order valence-electron chi connectivity index (χ1n) is 6.53. The number of anilines is 1. The third kappa shape index (κ3) is 2.23. The topological polar surface area (TPSA) is 99.1 Å². The molecule has 2 aromatic rings. The SMILES string of the molecule is CC(C)C1OC(n2cnc3c(N)nc(Cl)nc32)C(F)C1O. The molecule has 3 rings (SSSR count). The van der Waals surface area contributed by atoms with E-state index < -0.39 is 24.6 Å². The number of imidazole rings is 1. The first-order valence-corrected chi connectivity index (χ1v) is 6.91. The van der Waals surface area contributed by atoms with Crippen LogP contribution in [0.1, 0.15) is 20.1 Å². The van der Waals surface area contributed by atoms with E-state index in [2.05, 4.69) is 15.0 Å². The van der Waals surface area contributed by atoms with E-state index in [9.17, 15) is 9.50 Å². The predicted molar refractivity (Wildman–Crippen MR) is 74.4 cm³/mol. The number of hydrogen-bond acceptors (Lipinski definition) is 6. The van der Waals surface area contributed by atoms with Gasteiger partial charge >= 0.3 is 0 Å². The molecular formula is C12H15ClFN5O2. The Bertz CT molecular complexity index is 679. The minimum Gasteiger partial charge on any atom is -0.387 e. The summed E-state index contributed by atoms with van der Waals surface area (Å²) in [5.74, 6) is 0.0828. The second kappa shape index (κ2) is 5.04. The number of aliphatic hydroxyl groups excluding tert-OH is 1. The quantitative estimate of drug-likeness (QED) is 0.811. The lowest BCUT2D eigenvalue weighted by Crippen LogP contribution is -2.31. The van der Waals surface area contributed by atoms with Crippen molar-refractivity contribution in [3.8, 4) is 0 Å². The molecular weight excluding hydrogens is 301 g/mol. The van der Waals surface area contributed by atoms with E-state index in [1.807, 2.05) is 13.8 Å². The maximum Gasteiger partial charge on any atom is 0.226 e. The van der Waals surface area contributed by atoms with Crippen LogP contribution < -0.4 is 5.73 Å². The average Bonchev–Trinajstić information content (AvgIpc) is 2.93. The van der Waals surface area contributed by atoms with Crippen LogP contribution in [0.25, 0.3) is 11.2 Å². The Kier molecular flexibility index (Phi) is 3.46. The van der Waals surface area contributed by atoms with Gasteiger partial charge in [0.1, 0.15) is 11.6 Å². The number of aliphatic hydroxyl groups is 1. The molecule has 21 heavy (non-hydrogen) atoms. The number of aromatic nitrogens is 4. The molecule has 0 aromatic carbocycles. The van der Waals surface area contributed by atoms with Gasteiger partial charge in [-0.15, -0.1) is 0 Å². The van der Waals surface area contributed by atoms with Crippen molar-refractivity contribution < 1.29 is 14.2 Å². The van der Waals surface area contributed by atoms with Gasteiger partial charge in [0, 0.05) is 0 Å². The summed E-state index contributed by atoms with van der Waals surface area (Å²) < 4.78 is 21.4. The highest BCUT2D eigenvalue weighted by atomic mass is 35.5. The van der Waals surface area contributed by atoms with Crippen LogP contribution in [0.4, 0.5) is 10.2 Å². The van der Waals surface area contributed by atoms with E-state index in [1.54, 1.807) is 0 Å². The molecule has 4 unspecified atom stereocenters. The number of fused-ring (bicyclic) bond motifs is 1. The molecule has 0 spiro atoms. The van der Waals surface area contributed by atoms with E-state index in [0.29, 0.717) is 5.52 Å². The summed E-state index contributed by atoms with van der Waals surface area (Å²) in [6.07, 6.45) is -3.06. The minimum atomic E-state index is -1.59. The second-order valence-electron chi connectivity index (χ2n) is 5.37. The standard InChI is InChI=1S/C12H15ClFN5O2/c1-4(2)8-7(20)5(14)11(21-8)19-3-16-6-9(15)17-12(13)18-10(6)19/h3-5,7-8,11,20H,1-2H3,(H2,15,17,18). The Labute approximate surface area is 124 Å². The van der Waals surface area contributed by atoms with Crippen molar-refractivity contribution in [1.29, 1.82) is 0 Å². The fourth-order valence-corrected chi connectivity index (χ4v) is 2.70. The fraction of sp³-hybridized carbons (Fsp3) is 0.583. The maximum absolute atomic E-state index is 14.4. The van der Waals surface area contributed by atoms with E-state index in [1.165, 1.54) is 10.9 Å². The first kappa shape index (κ1) is 14.4. The summed E-state index contributed by atoms with van der Waals surface area (Å²) in [5.41, 5.74) is 6.30. The van der Waals surface area contributed by atoms with Crippen LogP contribution in [-0.4, -0.2) is 43.0 Å². The number of halogens is 2. The van der Waals surface area contributed by atoms with Crippen molar-refractivity contribution in [2.75, 3.05) is 5.73 Å². The van der Waals surface area contributed by atoms with Crippen LogP contribution in [0.15, 0.2) is 6.33 Å². The minimum absolute atomic E-state index is 0.0266. The summed E-state index contributed by atoms with van der Waals surface area (Å²) in [4.78, 5) is 11.9. The summed E-state index contributed by atoms with van der Waals surface area (Å²) in [6, 6.07) is 0. The average molecular weight is 316 g/mol. The van der Waals surface area contributed by atoms with Crippen molar-refractivity contribution in [2.24, 2.45) is 5.92 Å². The van der Waals surface area contributed by atoms with Crippen molar-refractivity contribution in [1.82, 2.24) is 19.5 Å². The molecule has 0 aliphatic carbocycles. The molecule has 9 heteroatoms. The van der Waals surface area contributed by atoms with Gasteiger partial charge in [0.05, 0.1) is 12.4 Å². The van der Waals surface area contributed by atoms with Gasteiger partial charge in [-0.05, 0) is 17.5 Å². The molecule has 1 aliphatic rings. The van der Waals surface area contributed by atoms with Crippen molar-refractivity contribution in [3.63, 3.8) is 0 Å². The molecule has 3 heterocycles. The van der Waals surface area contributed by atoms with Crippen molar-refractivity contribution in [2.45, 2.75) is 38.5 Å². The molecule has 2 aromatic heterocycles. The van der Waals surface area contributed by atoms with E-state index in [-0.39, 0.29) is 22.7 Å². The zero-order valence-electron chi connectivity index (χ0n) is 11.4. The summed E-state index contributed by atoms with van der Waals surface area (Å²) >= 11 is 5.78. The zero-order valence-corrected chi connectivity index (χ0v) is 12.2. The van der Waals surface area contributed by atoms with Crippen LogP contribution >= 0.6 is 11.6 Å². The lowest BCUT2D eigenvalue weighted by molar-refractivity contribution is -0.0433. The largest absolute Gasteiger partial charge is 0.387 e. The van der Waals surface area contributed by atoms with Crippen LogP contribution in [0, 0.1) is 5.92 Å². The molecule has 4 atom stereocenters. The fourth-order valence-electron chi connectivity index (χ4n) is 2.53. The Morgan fingerprint density at radius 2 is 2.19 bits per heavy atom. The van der Waals surface area contributed by atoms with Gasteiger partial charge in [0.25, 0.3) is 0 Å². The van der Waals surface area contributed by atoms with Crippen molar-refractivity contribution in [3.05, 3.63) is 11.6 Å². The number of alkyl halides is 1. The second-order valence-corrected chi connectivity index (χ2v) is 5.71. The highest BCUT2D eigenvalue weighted by Gasteiger charge is 2.46. The molecule has 0 radical (unpaired) electrons. The van der Waals surface area contributed by atoms with E-state index in [4.69, 9.17) is 22.1 Å². The molecule has 0 amide bonds. The van der Waals surface area contributed by atoms with Gasteiger partial charge in [0.2, 0.25) is 5.28 Å². The third-order valence-corrected chi connectivity index (χ3v) is 3.75. The van der Waals surface area contributed by atoms with Gasteiger partial charge < -0.3 is 15.6 Å². The number of rotatable bonds is 2. The summed E-state index contributed by atoms with van der Waals surface area (Å²) in [7, 11) is 0. The van der Waals surface area contributed by atoms with Gasteiger partial charge in [-0.2, -0.15) is 9.97 Å². The Morgan fingerprint density at radius 1 is 1.48 bits per heavy atom. The molecule has 3 N–H and O–H groups in total. The number of ether oxygens (including phenoxy) is 1. The summed E-state index contributed by atoms with van der Waals surface area (Å²) in [6.45, 7) is 3.71. The highest BCUT2D eigenvalue weighted by molar-refractivity contribution is 6.28. The van der Waals surface area contributed by atoms with Crippen molar-refractivity contribution >= 4 is 28.6 Å². The lowest BCUT2D eigenvalue weighted by Gasteiger charge is -2.18. The van der Waals surface area contributed by atoms with E-state index in [0.717, 1.165) is 0 Å². The summed E-state index contributed by atoms with van der Waals surface area (Å²) in [5, 5.41) is 9.90. The maximum atomic E-state index is 14.4. The highest BCUT2D eigenvalue weighted by Crippen LogP contribution is 2.36. The smallest absolute Gasteiger partial charge is 0.226 e. The van der Waals surface area contributed by atoms with Gasteiger partial charge in [-0.3, -0.25) is 4.57 Å². The molecule has 114 valence electrons. The molecule has 7 nitrogen and oxygen atoms in total. The number of hydrogen-bond donors (Lipinski definition) is 2. The van der Waals surface area contributed by atoms with Crippen LogP contribution in [0.2, 0.25) is 5.28 Å². The Balaban J connectivity index is 2.05. The molecule has 1 fully saturated rings. The van der Waals surface area contributed by atoms with Gasteiger partial charge in [-0.25, -0.2) is 9.37 Å². The zero-order chi connectivity index (χ0) is 15.3. The Hall–Kier alpha value is -1.51. The van der Waals surface area contributed by atoms with Gasteiger partial charge in [0.15, 0.2) is 23.9 Å². The number of nitrogens with two attached hydrogens (primary N) is 1. The van der Waals surface area contributed by atoms with Gasteiger partial charge in [-0.1, -0.05) is 13.8 Å². The first-order chi connectivity index (χ1) is 9.90. The van der Waals surface area contributed by atoms with Crippen LogP contribution in [0.3, 0.4) is 0 Å².